The molecule has 1 fully saturated rings. The van der Waals surface area contributed by atoms with E-state index in [-0.39, 0.29) is 43.0 Å². The van der Waals surface area contributed by atoms with Crippen molar-refractivity contribution < 1.29 is 28.2 Å². The van der Waals surface area contributed by atoms with E-state index in [2.05, 4.69) is 5.10 Å². The van der Waals surface area contributed by atoms with Crippen molar-refractivity contribution in [3.63, 3.8) is 0 Å². The van der Waals surface area contributed by atoms with Crippen LogP contribution in [0.2, 0.25) is 0 Å². The quantitative estimate of drug-likeness (QED) is 0.588. The van der Waals surface area contributed by atoms with Crippen LogP contribution in [0.3, 0.4) is 0 Å². The van der Waals surface area contributed by atoms with Gasteiger partial charge in [0.1, 0.15) is 5.82 Å². The van der Waals surface area contributed by atoms with Gasteiger partial charge in [0, 0.05) is 18.5 Å². The molecule has 5 rings (SSSR count). The summed E-state index contributed by atoms with van der Waals surface area (Å²) in [7, 11) is 0. The molecule has 184 valence electrons. The fourth-order valence-corrected chi connectivity index (χ4v) is 4.88. The highest BCUT2D eigenvalue weighted by atomic mass is 19.1. The normalized spacial score (nSPS) is 21.7. The molecule has 1 saturated heterocycles. The van der Waals surface area contributed by atoms with Gasteiger partial charge in [-0.3, -0.25) is 14.5 Å². The third-order valence-corrected chi connectivity index (χ3v) is 6.59. The molecule has 0 aromatic heterocycles. The summed E-state index contributed by atoms with van der Waals surface area (Å²) in [6.07, 6.45) is 2.02. The van der Waals surface area contributed by atoms with Crippen LogP contribution in [0.1, 0.15) is 43.4 Å². The smallest absolute Gasteiger partial charge is 0.310 e. The van der Waals surface area contributed by atoms with E-state index in [1.807, 2.05) is 23.1 Å². The summed E-state index contributed by atoms with van der Waals surface area (Å²) in [5, 5.41) is 6.13. The highest BCUT2D eigenvalue weighted by Crippen LogP contribution is 2.39. The molecular weight excluding hydrogens is 453 g/mol. The van der Waals surface area contributed by atoms with E-state index in [1.54, 1.807) is 19.1 Å². The zero-order chi connectivity index (χ0) is 24.4. The molecular formula is C26H28FN3O5. The molecule has 0 unspecified atom stereocenters. The van der Waals surface area contributed by atoms with Crippen molar-refractivity contribution in [1.29, 1.82) is 0 Å². The molecule has 2 aromatic carbocycles. The maximum atomic E-state index is 13.9. The van der Waals surface area contributed by atoms with Crippen LogP contribution in [0, 0.1) is 11.7 Å². The van der Waals surface area contributed by atoms with Gasteiger partial charge in [0.05, 0.1) is 30.8 Å². The zero-order valence-corrected chi connectivity index (χ0v) is 19.6. The monoisotopic (exact) mass is 481 g/mol. The number of fused-ring (bicyclic) bond motifs is 1. The van der Waals surface area contributed by atoms with Crippen molar-refractivity contribution in [2.45, 2.75) is 32.2 Å². The molecule has 35 heavy (non-hydrogen) atoms. The van der Waals surface area contributed by atoms with Crippen molar-refractivity contribution in [2.75, 3.05) is 33.0 Å². The number of nitrogens with zero attached hydrogens (tertiary/aromatic N) is 3. The number of rotatable bonds is 6. The third-order valence-electron chi connectivity index (χ3n) is 6.59. The summed E-state index contributed by atoms with van der Waals surface area (Å²) in [5.41, 5.74) is 2.15. The topological polar surface area (TPSA) is 80.7 Å². The van der Waals surface area contributed by atoms with Crippen molar-refractivity contribution in [3.05, 3.63) is 59.4 Å². The second-order valence-corrected chi connectivity index (χ2v) is 8.95. The Labute approximate surface area is 203 Å². The van der Waals surface area contributed by atoms with Crippen molar-refractivity contribution >= 4 is 17.6 Å². The average Bonchev–Trinajstić information content (AvgIpc) is 3.51. The molecule has 3 aliphatic rings. The Balaban J connectivity index is 1.38. The highest BCUT2D eigenvalue weighted by Gasteiger charge is 2.36. The van der Waals surface area contributed by atoms with Gasteiger partial charge in [-0.2, -0.15) is 5.10 Å². The minimum absolute atomic E-state index is 0.136. The van der Waals surface area contributed by atoms with Crippen LogP contribution in [0.5, 0.6) is 11.5 Å². The van der Waals surface area contributed by atoms with E-state index >= 15 is 0 Å². The molecule has 9 heteroatoms. The molecule has 0 bridgehead atoms. The summed E-state index contributed by atoms with van der Waals surface area (Å²) >= 11 is 0. The van der Waals surface area contributed by atoms with Crippen LogP contribution in [0.25, 0.3) is 0 Å². The minimum Gasteiger partial charge on any atom is -0.466 e. The van der Waals surface area contributed by atoms with Crippen molar-refractivity contribution in [3.8, 4) is 11.5 Å². The number of amides is 1. The van der Waals surface area contributed by atoms with Gasteiger partial charge in [0.15, 0.2) is 11.5 Å². The lowest BCUT2D eigenvalue weighted by Gasteiger charge is -2.32. The SMILES string of the molecule is CCOC(=O)[C@@H]1CCCN(CC(=O)N2N=C(c3cccc(F)c3)C[C@@H]2c2ccc3c(c2)OCO3)C1. The summed E-state index contributed by atoms with van der Waals surface area (Å²) in [6, 6.07) is 11.5. The Morgan fingerprint density at radius 3 is 2.86 bits per heavy atom. The number of hydrazone groups is 1. The van der Waals surface area contributed by atoms with Crippen LogP contribution in [-0.4, -0.2) is 60.5 Å². The lowest BCUT2D eigenvalue weighted by Crippen LogP contribution is -2.44. The highest BCUT2D eigenvalue weighted by molar-refractivity contribution is 6.03. The van der Waals surface area contributed by atoms with Crippen LogP contribution >= 0.6 is 0 Å². The Hall–Kier alpha value is -3.46. The van der Waals surface area contributed by atoms with Crippen LogP contribution in [0.4, 0.5) is 4.39 Å². The summed E-state index contributed by atoms with van der Waals surface area (Å²) in [4.78, 5) is 27.7. The number of esters is 1. The molecule has 2 atom stereocenters. The first-order valence-corrected chi connectivity index (χ1v) is 12.0. The van der Waals surface area contributed by atoms with Gasteiger partial charge in [0.2, 0.25) is 6.79 Å². The summed E-state index contributed by atoms with van der Waals surface area (Å²) < 4.78 is 30.0. The zero-order valence-electron chi connectivity index (χ0n) is 19.6. The minimum atomic E-state index is -0.360. The number of benzene rings is 2. The lowest BCUT2D eigenvalue weighted by molar-refractivity contribution is -0.150. The second-order valence-electron chi connectivity index (χ2n) is 8.95. The number of carbonyl (C=O) groups excluding carboxylic acids is 2. The Morgan fingerprint density at radius 2 is 2.03 bits per heavy atom. The second kappa shape index (κ2) is 10.0. The molecule has 0 radical (unpaired) electrons. The number of halogens is 1. The molecule has 1 amide bonds. The van der Waals surface area contributed by atoms with Crippen molar-refractivity contribution in [2.24, 2.45) is 11.0 Å². The maximum absolute atomic E-state index is 13.9. The van der Waals surface area contributed by atoms with Gasteiger partial charge in [-0.05, 0) is 56.1 Å². The van der Waals surface area contributed by atoms with Crippen molar-refractivity contribution in [1.82, 2.24) is 9.91 Å². The summed E-state index contributed by atoms with van der Waals surface area (Å²) in [6.45, 7) is 3.64. The van der Waals surface area contributed by atoms with E-state index in [1.165, 1.54) is 17.1 Å². The van der Waals surface area contributed by atoms with E-state index < -0.39 is 0 Å². The van der Waals surface area contributed by atoms with E-state index in [9.17, 15) is 14.0 Å². The van der Waals surface area contributed by atoms with Crippen LogP contribution in [0.15, 0.2) is 47.6 Å². The molecule has 0 aliphatic carbocycles. The number of piperidine rings is 1. The van der Waals surface area contributed by atoms with Gasteiger partial charge in [-0.15, -0.1) is 0 Å². The van der Waals surface area contributed by atoms with Gasteiger partial charge >= 0.3 is 5.97 Å². The maximum Gasteiger partial charge on any atom is 0.310 e. The molecule has 8 nitrogen and oxygen atoms in total. The Morgan fingerprint density at radius 1 is 1.17 bits per heavy atom. The standard InChI is InChI=1S/C26H28FN3O5/c1-2-33-26(32)19-6-4-10-29(14-19)15-25(31)30-22(18-8-9-23-24(12-18)35-16-34-23)13-21(28-30)17-5-3-7-20(27)11-17/h3,5,7-9,11-12,19,22H,2,4,6,10,13-16H2,1H3/t19-,22-/m1/s1. The molecule has 3 heterocycles. The largest absolute Gasteiger partial charge is 0.466 e. The van der Waals surface area contributed by atoms with Gasteiger partial charge in [-0.25, -0.2) is 9.40 Å². The fraction of sp³-hybridized carbons (Fsp3) is 0.423. The first-order valence-electron chi connectivity index (χ1n) is 12.0. The van der Waals surface area contributed by atoms with Crippen LogP contribution < -0.4 is 9.47 Å². The molecule has 2 aromatic rings. The number of ether oxygens (including phenoxy) is 3. The van der Waals surface area contributed by atoms with E-state index in [4.69, 9.17) is 14.2 Å². The Kier molecular flexibility index (Phi) is 6.68. The van der Waals surface area contributed by atoms with Gasteiger partial charge in [0.25, 0.3) is 5.91 Å². The number of hydrogen-bond donors (Lipinski definition) is 0. The molecule has 0 N–H and O–H groups in total. The first-order chi connectivity index (χ1) is 17.0. The molecule has 3 aliphatic heterocycles. The molecule has 0 saturated carbocycles. The number of carbonyl (C=O) groups is 2. The molecule has 0 spiro atoms. The third kappa shape index (κ3) is 5.00. The number of likely N-dealkylation sites (tertiary alicyclic amines) is 1. The predicted molar refractivity (Wildman–Crippen MR) is 126 cm³/mol. The van der Waals surface area contributed by atoms with E-state index in [0.29, 0.717) is 42.3 Å². The Bertz CT molecular complexity index is 1150. The van der Waals surface area contributed by atoms with E-state index in [0.717, 1.165) is 24.9 Å². The van der Waals surface area contributed by atoms with Gasteiger partial charge in [-0.1, -0.05) is 18.2 Å². The van der Waals surface area contributed by atoms with Gasteiger partial charge < -0.3 is 14.2 Å². The summed E-state index contributed by atoms with van der Waals surface area (Å²) in [5.74, 6) is 0.315. The van der Waals surface area contributed by atoms with Crippen LogP contribution in [-0.2, 0) is 14.3 Å². The fourth-order valence-electron chi connectivity index (χ4n) is 4.88. The average molecular weight is 482 g/mol. The lowest BCUT2D eigenvalue weighted by atomic mass is 9.97. The first kappa shape index (κ1) is 23.3. The number of hydrogen-bond acceptors (Lipinski definition) is 7. The predicted octanol–water partition coefficient (Wildman–Crippen LogP) is 3.51.